The molecule has 0 unspecified atom stereocenters. The molecule has 0 saturated carbocycles. The smallest absolute Gasteiger partial charge is 0.191 e. The lowest BCUT2D eigenvalue weighted by Gasteiger charge is -2.10. The van der Waals surface area contributed by atoms with Crippen LogP contribution >= 0.6 is 11.8 Å². The van der Waals surface area contributed by atoms with Gasteiger partial charge in [-0.1, -0.05) is 53.7 Å². The van der Waals surface area contributed by atoms with Crippen molar-refractivity contribution < 1.29 is 4.74 Å². The molecule has 0 radical (unpaired) electrons. The highest BCUT2D eigenvalue weighted by Gasteiger charge is 2.13. The number of nitrogens with zero attached hydrogens (tertiary/aromatic N) is 3. The normalized spacial score (nSPS) is 10.8. The summed E-state index contributed by atoms with van der Waals surface area (Å²) in [4.78, 5) is 0. The van der Waals surface area contributed by atoms with Crippen molar-refractivity contribution in [1.29, 1.82) is 0 Å². The molecule has 3 aromatic rings. The molecule has 0 N–H and O–H groups in total. The van der Waals surface area contributed by atoms with Crippen molar-refractivity contribution in [2.75, 3.05) is 0 Å². The van der Waals surface area contributed by atoms with Gasteiger partial charge in [0.25, 0.3) is 0 Å². The summed E-state index contributed by atoms with van der Waals surface area (Å²) < 4.78 is 8.00. The van der Waals surface area contributed by atoms with Crippen molar-refractivity contribution in [3.8, 4) is 5.75 Å². The number of ether oxygens (including phenoxy) is 1. The van der Waals surface area contributed by atoms with Crippen molar-refractivity contribution in [2.45, 2.75) is 44.8 Å². The Balaban J connectivity index is 1.69. The van der Waals surface area contributed by atoms with Crippen LogP contribution in [-0.4, -0.2) is 14.8 Å². The maximum absolute atomic E-state index is 5.94. The molecule has 27 heavy (non-hydrogen) atoms. The molecule has 0 atom stereocenters. The number of aryl methyl sites for hydroxylation is 3. The molecule has 1 aromatic heterocycles. The molecule has 0 fully saturated rings. The Morgan fingerprint density at radius 1 is 1.04 bits per heavy atom. The van der Waals surface area contributed by atoms with Gasteiger partial charge in [0.2, 0.25) is 0 Å². The summed E-state index contributed by atoms with van der Waals surface area (Å²) in [6, 6.07) is 14.7. The monoisotopic (exact) mass is 379 g/mol. The van der Waals surface area contributed by atoms with E-state index in [1.54, 1.807) is 11.8 Å². The van der Waals surface area contributed by atoms with Gasteiger partial charge in [0, 0.05) is 12.3 Å². The standard InChI is InChI=1S/C22H25N3OS/c1-5-12-25-21(14-26-20-11-8-17(3)18(4)13-20)23-24-22(25)27-15-19-9-6-16(2)7-10-19/h5-11,13H,1,12,14-15H2,2-4H3. The lowest BCUT2D eigenvalue weighted by atomic mass is 10.1. The Bertz CT molecular complexity index is 916. The van der Waals surface area contributed by atoms with E-state index in [2.05, 4.69) is 78.5 Å². The van der Waals surface area contributed by atoms with Crippen molar-refractivity contribution in [2.24, 2.45) is 0 Å². The number of allylic oxidation sites excluding steroid dienone is 1. The molecule has 0 amide bonds. The highest BCUT2D eigenvalue weighted by Crippen LogP contribution is 2.23. The van der Waals surface area contributed by atoms with E-state index in [0.29, 0.717) is 13.2 Å². The van der Waals surface area contributed by atoms with Crippen LogP contribution in [0.2, 0.25) is 0 Å². The van der Waals surface area contributed by atoms with Crippen LogP contribution in [0.15, 0.2) is 60.3 Å². The van der Waals surface area contributed by atoms with E-state index in [4.69, 9.17) is 4.74 Å². The van der Waals surface area contributed by atoms with Gasteiger partial charge in [-0.15, -0.1) is 16.8 Å². The Kier molecular flexibility index (Phi) is 6.35. The predicted molar refractivity (Wildman–Crippen MR) is 111 cm³/mol. The summed E-state index contributed by atoms with van der Waals surface area (Å²) in [6.07, 6.45) is 1.86. The van der Waals surface area contributed by atoms with Gasteiger partial charge in [0.1, 0.15) is 12.4 Å². The van der Waals surface area contributed by atoms with Crippen molar-refractivity contribution in [3.63, 3.8) is 0 Å². The number of thioether (sulfide) groups is 1. The van der Waals surface area contributed by atoms with Gasteiger partial charge in [0.05, 0.1) is 0 Å². The van der Waals surface area contributed by atoms with E-state index in [0.717, 1.165) is 22.5 Å². The first-order valence-corrected chi connectivity index (χ1v) is 9.96. The molecule has 5 heteroatoms. The van der Waals surface area contributed by atoms with Crippen LogP contribution in [0.1, 0.15) is 28.1 Å². The van der Waals surface area contributed by atoms with E-state index < -0.39 is 0 Å². The number of hydrogen-bond donors (Lipinski definition) is 0. The number of benzene rings is 2. The lowest BCUT2D eigenvalue weighted by molar-refractivity contribution is 0.289. The van der Waals surface area contributed by atoms with Crippen molar-refractivity contribution in [3.05, 3.63) is 83.2 Å². The van der Waals surface area contributed by atoms with E-state index in [9.17, 15) is 0 Å². The lowest BCUT2D eigenvalue weighted by Crippen LogP contribution is -2.07. The van der Waals surface area contributed by atoms with Gasteiger partial charge in [-0.2, -0.15) is 0 Å². The molecular weight excluding hydrogens is 354 g/mol. The molecular formula is C22H25N3OS. The van der Waals surface area contributed by atoms with E-state index in [1.165, 1.54) is 22.3 Å². The molecule has 2 aromatic carbocycles. The fourth-order valence-electron chi connectivity index (χ4n) is 2.63. The summed E-state index contributed by atoms with van der Waals surface area (Å²) in [7, 11) is 0. The molecule has 0 aliphatic rings. The third-order valence-corrected chi connectivity index (χ3v) is 5.48. The van der Waals surface area contributed by atoms with Crippen LogP contribution in [-0.2, 0) is 18.9 Å². The van der Waals surface area contributed by atoms with Gasteiger partial charge < -0.3 is 4.74 Å². The summed E-state index contributed by atoms with van der Waals surface area (Å²) >= 11 is 1.68. The minimum atomic E-state index is 0.383. The zero-order valence-corrected chi connectivity index (χ0v) is 16.9. The number of aromatic nitrogens is 3. The molecule has 0 aliphatic heterocycles. The van der Waals surface area contributed by atoms with Crippen LogP contribution in [0.5, 0.6) is 5.75 Å². The van der Waals surface area contributed by atoms with E-state index in [-0.39, 0.29) is 0 Å². The second kappa shape index (κ2) is 8.91. The topological polar surface area (TPSA) is 39.9 Å². The molecule has 3 rings (SSSR count). The SMILES string of the molecule is C=CCn1c(COc2ccc(C)c(C)c2)nnc1SCc1ccc(C)cc1. The quantitative estimate of drug-likeness (QED) is 0.395. The molecule has 4 nitrogen and oxygen atoms in total. The predicted octanol–water partition coefficient (Wildman–Crippen LogP) is 5.26. The largest absolute Gasteiger partial charge is 0.486 e. The van der Waals surface area contributed by atoms with Crippen LogP contribution in [0.4, 0.5) is 0 Å². The van der Waals surface area contributed by atoms with Gasteiger partial charge in [-0.25, -0.2) is 0 Å². The van der Waals surface area contributed by atoms with Gasteiger partial charge in [-0.3, -0.25) is 4.57 Å². The second-order valence-electron chi connectivity index (χ2n) is 6.61. The molecule has 0 saturated heterocycles. The molecule has 1 heterocycles. The fourth-order valence-corrected chi connectivity index (χ4v) is 3.55. The summed E-state index contributed by atoms with van der Waals surface area (Å²) in [5.41, 5.74) is 5.01. The van der Waals surface area contributed by atoms with Crippen LogP contribution in [0, 0.1) is 20.8 Å². The van der Waals surface area contributed by atoms with E-state index >= 15 is 0 Å². The minimum absolute atomic E-state index is 0.383. The summed E-state index contributed by atoms with van der Waals surface area (Å²) in [6.45, 7) is 11.2. The zero-order chi connectivity index (χ0) is 19.2. The van der Waals surface area contributed by atoms with Gasteiger partial charge in [-0.05, 0) is 49.6 Å². The van der Waals surface area contributed by atoms with Gasteiger partial charge >= 0.3 is 0 Å². The maximum Gasteiger partial charge on any atom is 0.191 e. The van der Waals surface area contributed by atoms with Crippen molar-refractivity contribution >= 4 is 11.8 Å². The second-order valence-corrected chi connectivity index (χ2v) is 7.55. The van der Waals surface area contributed by atoms with Crippen LogP contribution in [0.3, 0.4) is 0 Å². The fraction of sp³-hybridized carbons (Fsp3) is 0.273. The first-order chi connectivity index (χ1) is 13.1. The first kappa shape index (κ1) is 19.2. The third kappa shape index (κ3) is 5.01. The average molecular weight is 380 g/mol. The Labute approximate surface area is 165 Å². The first-order valence-electron chi connectivity index (χ1n) is 8.98. The maximum atomic E-state index is 5.94. The molecule has 140 valence electrons. The van der Waals surface area contributed by atoms with Gasteiger partial charge in [0.15, 0.2) is 11.0 Å². The third-order valence-electron chi connectivity index (χ3n) is 4.44. The summed E-state index contributed by atoms with van der Waals surface area (Å²) in [5.74, 6) is 2.51. The highest BCUT2D eigenvalue weighted by atomic mass is 32.2. The Morgan fingerprint density at radius 3 is 2.52 bits per heavy atom. The molecule has 0 spiro atoms. The zero-order valence-electron chi connectivity index (χ0n) is 16.1. The highest BCUT2D eigenvalue weighted by molar-refractivity contribution is 7.98. The molecule has 0 bridgehead atoms. The average Bonchev–Trinajstić information content (AvgIpc) is 3.04. The Morgan fingerprint density at radius 2 is 1.81 bits per heavy atom. The number of hydrogen-bond acceptors (Lipinski definition) is 4. The number of rotatable bonds is 8. The Hall–Kier alpha value is -2.53. The van der Waals surface area contributed by atoms with Crippen LogP contribution < -0.4 is 4.74 Å². The minimum Gasteiger partial charge on any atom is -0.486 e. The summed E-state index contributed by atoms with van der Waals surface area (Å²) in [5, 5.41) is 9.58. The van der Waals surface area contributed by atoms with E-state index in [1.807, 2.05) is 12.1 Å². The van der Waals surface area contributed by atoms with Crippen LogP contribution in [0.25, 0.3) is 0 Å². The van der Waals surface area contributed by atoms with Crippen molar-refractivity contribution in [1.82, 2.24) is 14.8 Å². The molecule has 0 aliphatic carbocycles.